The van der Waals surface area contributed by atoms with Crippen LogP contribution < -0.4 is 0 Å². The highest BCUT2D eigenvalue weighted by molar-refractivity contribution is 9.09. The van der Waals surface area contributed by atoms with Gasteiger partial charge in [0.1, 0.15) is 0 Å². The third kappa shape index (κ3) is 0.926. The van der Waals surface area contributed by atoms with E-state index in [0.717, 1.165) is 11.2 Å². The van der Waals surface area contributed by atoms with E-state index in [1.165, 1.54) is 19.3 Å². The fourth-order valence-electron chi connectivity index (χ4n) is 1.91. The first-order valence-electron chi connectivity index (χ1n) is 3.61. The number of hydrogen-bond donors (Lipinski definition) is 0. The Balaban J connectivity index is 2.01. The molecule has 0 spiro atoms. The molecule has 3 atom stereocenters. The molecule has 2 heteroatoms. The maximum atomic E-state index is 5.65. The summed E-state index contributed by atoms with van der Waals surface area (Å²) in [5, 5.41) is 1.13. The van der Waals surface area contributed by atoms with Crippen molar-refractivity contribution >= 4 is 15.9 Å². The van der Waals surface area contributed by atoms with Crippen molar-refractivity contribution in [2.24, 2.45) is 5.92 Å². The van der Waals surface area contributed by atoms with Gasteiger partial charge in [0.05, 0.1) is 12.2 Å². The molecule has 2 heterocycles. The molecule has 0 aromatic carbocycles. The highest BCUT2D eigenvalue weighted by Crippen LogP contribution is 2.39. The molecule has 2 aliphatic heterocycles. The van der Waals surface area contributed by atoms with Crippen molar-refractivity contribution < 1.29 is 4.74 Å². The number of ether oxygens (including phenoxy) is 1. The molecule has 0 amide bonds. The van der Waals surface area contributed by atoms with Crippen molar-refractivity contribution in [1.29, 1.82) is 0 Å². The van der Waals surface area contributed by atoms with Crippen LogP contribution in [0.3, 0.4) is 0 Å². The van der Waals surface area contributed by atoms with Crippen LogP contribution in [0.1, 0.15) is 19.3 Å². The number of halogens is 1. The van der Waals surface area contributed by atoms with E-state index in [4.69, 9.17) is 4.74 Å². The SMILES string of the molecule is BrC[C@H]1C[C@@H]2CC[C@H]1O2. The summed E-state index contributed by atoms with van der Waals surface area (Å²) >= 11 is 3.50. The van der Waals surface area contributed by atoms with Crippen molar-refractivity contribution in [3.05, 3.63) is 0 Å². The Morgan fingerprint density at radius 1 is 1.44 bits per heavy atom. The third-order valence-corrected chi connectivity index (χ3v) is 3.26. The van der Waals surface area contributed by atoms with Gasteiger partial charge in [-0.3, -0.25) is 0 Å². The van der Waals surface area contributed by atoms with E-state index in [1.807, 2.05) is 0 Å². The highest BCUT2D eigenvalue weighted by Gasteiger charge is 2.39. The van der Waals surface area contributed by atoms with Crippen molar-refractivity contribution in [2.75, 3.05) is 5.33 Å². The molecule has 0 aromatic heterocycles. The summed E-state index contributed by atoms with van der Waals surface area (Å²) in [4.78, 5) is 0. The molecule has 0 N–H and O–H groups in total. The average Bonchev–Trinajstić information content (AvgIpc) is 2.45. The summed E-state index contributed by atoms with van der Waals surface area (Å²) in [7, 11) is 0. The smallest absolute Gasteiger partial charge is 0.0616 e. The molecular formula is C7H11BrO. The van der Waals surface area contributed by atoms with E-state index in [0.29, 0.717) is 12.2 Å². The largest absolute Gasteiger partial charge is 0.375 e. The second-order valence-electron chi connectivity index (χ2n) is 3.02. The summed E-state index contributed by atoms with van der Waals surface area (Å²) in [5.74, 6) is 0.823. The normalized spacial score (nSPS) is 48.3. The van der Waals surface area contributed by atoms with Gasteiger partial charge in [-0.05, 0) is 25.2 Å². The molecule has 0 radical (unpaired) electrons. The van der Waals surface area contributed by atoms with Gasteiger partial charge in [0.2, 0.25) is 0 Å². The van der Waals surface area contributed by atoms with Crippen molar-refractivity contribution in [3.63, 3.8) is 0 Å². The Morgan fingerprint density at radius 3 is 2.67 bits per heavy atom. The number of alkyl halides is 1. The van der Waals surface area contributed by atoms with Crippen LogP contribution >= 0.6 is 15.9 Å². The van der Waals surface area contributed by atoms with E-state index in [1.54, 1.807) is 0 Å². The van der Waals surface area contributed by atoms with Crippen LogP contribution in [0.2, 0.25) is 0 Å². The maximum absolute atomic E-state index is 5.65. The molecule has 2 rings (SSSR count). The molecule has 1 nitrogen and oxygen atoms in total. The van der Waals surface area contributed by atoms with Crippen LogP contribution in [0.25, 0.3) is 0 Å². The number of hydrogen-bond acceptors (Lipinski definition) is 1. The third-order valence-electron chi connectivity index (χ3n) is 2.43. The maximum Gasteiger partial charge on any atom is 0.0616 e. The van der Waals surface area contributed by atoms with Crippen molar-refractivity contribution in [2.45, 2.75) is 31.5 Å². The lowest BCUT2D eigenvalue weighted by molar-refractivity contribution is 0.0956. The Hall–Kier alpha value is 0.440. The van der Waals surface area contributed by atoms with Crippen LogP contribution in [-0.2, 0) is 4.74 Å². The van der Waals surface area contributed by atoms with E-state index in [2.05, 4.69) is 15.9 Å². The minimum atomic E-state index is 0.606. The van der Waals surface area contributed by atoms with Crippen LogP contribution in [-0.4, -0.2) is 17.5 Å². The van der Waals surface area contributed by atoms with Gasteiger partial charge >= 0.3 is 0 Å². The number of rotatable bonds is 1. The van der Waals surface area contributed by atoms with Crippen LogP contribution in [0.5, 0.6) is 0 Å². The van der Waals surface area contributed by atoms with Gasteiger partial charge in [-0.25, -0.2) is 0 Å². The molecule has 0 saturated carbocycles. The van der Waals surface area contributed by atoms with Crippen LogP contribution in [0.4, 0.5) is 0 Å². The molecule has 52 valence electrons. The van der Waals surface area contributed by atoms with Crippen LogP contribution in [0, 0.1) is 5.92 Å². The van der Waals surface area contributed by atoms with E-state index in [9.17, 15) is 0 Å². The zero-order valence-corrected chi connectivity index (χ0v) is 6.93. The zero-order chi connectivity index (χ0) is 6.27. The predicted octanol–water partition coefficient (Wildman–Crippen LogP) is 1.95. The zero-order valence-electron chi connectivity index (χ0n) is 5.35. The first-order chi connectivity index (χ1) is 4.40. The molecule has 0 aliphatic carbocycles. The minimum Gasteiger partial charge on any atom is -0.375 e. The van der Waals surface area contributed by atoms with Gasteiger partial charge in [0, 0.05) is 5.33 Å². The lowest BCUT2D eigenvalue weighted by Crippen LogP contribution is -2.16. The fourth-order valence-corrected chi connectivity index (χ4v) is 2.59. The molecular weight excluding hydrogens is 180 g/mol. The van der Waals surface area contributed by atoms with Gasteiger partial charge in [-0.1, -0.05) is 15.9 Å². The molecule has 0 aromatic rings. The second-order valence-corrected chi connectivity index (χ2v) is 3.67. The standard InChI is InChI=1S/C7H11BrO/c8-4-5-3-6-1-2-7(5)9-6/h5-7H,1-4H2/t5-,6+,7-/m1/s1. The summed E-state index contributed by atoms with van der Waals surface area (Å²) < 4.78 is 5.65. The molecule has 9 heavy (non-hydrogen) atoms. The first-order valence-corrected chi connectivity index (χ1v) is 4.73. The lowest BCUT2D eigenvalue weighted by atomic mass is 9.91. The summed E-state index contributed by atoms with van der Waals surface area (Å²) in [6, 6.07) is 0. The Morgan fingerprint density at radius 2 is 2.33 bits per heavy atom. The molecule has 2 saturated heterocycles. The quantitative estimate of drug-likeness (QED) is 0.575. The van der Waals surface area contributed by atoms with Gasteiger partial charge in [-0.15, -0.1) is 0 Å². The fraction of sp³-hybridized carbons (Fsp3) is 1.00. The topological polar surface area (TPSA) is 9.23 Å². The second kappa shape index (κ2) is 2.24. The molecule has 2 fully saturated rings. The monoisotopic (exact) mass is 190 g/mol. The van der Waals surface area contributed by atoms with Crippen molar-refractivity contribution in [1.82, 2.24) is 0 Å². The number of fused-ring (bicyclic) bond motifs is 2. The van der Waals surface area contributed by atoms with Gasteiger partial charge in [-0.2, -0.15) is 0 Å². The Bertz CT molecular complexity index is 115. The lowest BCUT2D eigenvalue weighted by Gasteiger charge is -2.14. The average molecular weight is 191 g/mol. The molecule has 2 aliphatic rings. The Kier molecular flexibility index (Phi) is 1.54. The van der Waals surface area contributed by atoms with Crippen LogP contribution in [0.15, 0.2) is 0 Å². The molecule has 2 bridgehead atoms. The summed E-state index contributed by atoms with van der Waals surface area (Å²) in [5.41, 5.74) is 0. The molecule has 0 unspecified atom stereocenters. The van der Waals surface area contributed by atoms with Gasteiger partial charge in [0.25, 0.3) is 0 Å². The summed E-state index contributed by atoms with van der Waals surface area (Å²) in [6.45, 7) is 0. The predicted molar refractivity (Wildman–Crippen MR) is 39.8 cm³/mol. The van der Waals surface area contributed by atoms with E-state index >= 15 is 0 Å². The van der Waals surface area contributed by atoms with Gasteiger partial charge in [0.15, 0.2) is 0 Å². The van der Waals surface area contributed by atoms with Gasteiger partial charge < -0.3 is 4.74 Å². The van der Waals surface area contributed by atoms with E-state index in [-0.39, 0.29) is 0 Å². The highest BCUT2D eigenvalue weighted by atomic mass is 79.9. The summed E-state index contributed by atoms with van der Waals surface area (Å²) in [6.07, 6.45) is 5.15. The van der Waals surface area contributed by atoms with E-state index < -0.39 is 0 Å². The Labute approximate surface area is 63.9 Å². The first kappa shape index (κ1) is 6.17. The minimum absolute atomic E-state index is 0.606. The van der Waals surface area contributed by atoms with Crippen molar-refractivity contribution in [3.8, 4) is 0 Å².